The molecule has 1 N–H and O–H groups in total. The Balaban J connectivity index is 2.17. The van der Waals surface area contributed by atoms with E-state index in [2.05, 4.69) is 15.9 Å². The van der Waals surface area contributed by atoms with Crippen molar-refractivity contribution < 1.29 is 14.7 Å². The van der Waals surface area contributed by atoms with Gasteiger partial charge in [0.1, 0.15) is 0 Å². The van der Waals surface area contributed by atoms with Crippen LogP contribution in [0.4, 0.5) is 0 Å². The first-order valence-corrected chi connectivity index (χ1v) is 7.90. The van der Waals surface area contributed by atoms with Gasteiger partial charge in [0.05, 0.1) is 11.0 Å². The summed E-state index contributed by atoms with van der Waals surface area (Å²) in [5, 5.41) is 9.37. The van der Waals surface area contributed by atoms with Crippen LogP contribution in [0.1, 0.15) is 37.0 Å². The molecular weight excluding hydrogens is 334 g/mol. The number of halogens is 1. The number of rotatable bonds is 3. The Kier molecular flexibility index (Phi) is 4.71. The van der Waals surface area contributed by atoms with Crippen molar-refractivity contribution in [2.45, 2.75) is 26.7 Å². The van der Waals surface area contributed by atoms with E-state index in [0.717, 1.165) is 17.3 Å². The quantitative estimate of drug-likeness (QED) is 0.905. The van der Waals surface area contributed by atoms with Crippen molar-refractivity contribution in [3.8, 4) is 0 Å². The molecule has 2 rings (SSSR count). The minimum Gasteiger partial charge on any atom is -0.481 e. The largest absolute Gasteiger partial charge is 0.481 e. The maximum Gasteiger partial charge on any atom is 0.309 e. The number of aliphatic carboxylic acids is 1. The van der Waals surface area contributed by atoms with Gasteiger partial charge in [0.25, 0.3) is 5.91 Å². The topological polar surface area (TPSA) is 57.6 Å². The number of carbonyl (C=O) groups excluding carboxylic acids is 1. The van der Waals surface area contributed by atoms with Gasteiger partial charge < -0.3 is 10.0 Å². The summed E-state index contributed by atoms with van der Waals surface area (Å²) in [7, 11) is 0. The molecule has 5 heteroatoms. The lowest BCUT2D eigenvalue weighted by atomic mass is 9.74. The molecule has 0 radical (unpaired) electrons. The second-order valence-corrected chi connectivity index (χ2v) is 6.95. The van der Waals surface area contributed by atoms with Gasteiger partial charge in [-0.25, -0.2) is 0 Å². The fourth-order valence-electron chi connectivity index (χ4n) is 2.73. The summed E-state index contributed by atoms with van der Waals surface area (Å²) in [5.41, 5.74) is -0.182. The van der Waals surface area contributed by atoms with Crippen molar-refractivity contribution in [2.75, 3.05) is 13.1 Å². The Labute approximate surface area is 133 Å². The maximum atomic E-state index is 12.6. The van der Waals surface area contributed by atoms with E-state index in [1.54, 1.807) is 24.8 Å². The first-order valence-electron chi connectivity index (χ1n) is 7.11. The van der Waals surface area contributed by atoms with E-state index < -0.39 is 11.4 Å². The third kappa shape index (κ3) is 3.28. The van der Waals surface area contributed by atoms with E-state index in [9.17, 15) is 14.7 Å². The van der Waals surface area contributed by atoms with E-state index in [4.69, 9.17) is 0 Å². The summed E-state index contributed by atoms with van der Waals surface area (Å²) in [5.74, 6) is -0.855. The highest BCUT2D eigenvalue weighted by Gasteiger charge is 2.40. The first kappa shape index (κ1) is 16.0. The predicted octanol–water partition coefficient (Wildman–Crippen LogP) is 3.41. The van der Waals surface area contributed by atoms with Crippen LogP contribution in [0.2, 0.25) is 0 Å². The van der Waals surface area contributed by atoms with Gasteiger partial charge in [-0.3, -0.25) is 9.59 Å². The summed E-state index contributed by atoms with van der Waals surface area (Å²) < 4.78 is 0.773. The second-order valence-electron chi connectivity index (χ2n) is 6.10. The molecule has 1 aliphatic rings. The predicted molar refractivity (Wildman–Crippen MR) is 84.2 cm³/mol. The third-order valence-electron chi connectivity index (χ3n) is 4.38. The number of hydrogen-bond donors (Lipinski definition) is 1. The van der Waals surface area contributed by atoms with Crippen LogP contribution in [0.15, 0.2) is 28.7 Å². The average molecular weight is 354 g/mol. The van der Waals surface area contributed by atoms with Gasteiger partial charge in [0.15, 0.2) is 0 Å². The van der Waals surface area contributed by atoms with Crippen molar-refractivity contribution in [2.24, 2.45) is 11.3 Å². The smallest absolute Gasteiger partial charge is 0.309 e. The normalized spacial score (nSPS) is 19.4. The lowest BCUT2D eigenvalue weighted by Gasteiger charge is -2.39. The molecule has 1 aromatic rings. The average Bonchev–Trinajstić information content (AvgIpc) is 2.47. The molecule has 1 saturated heterocycles. The van der Waals surface area contributed by atoms with Crippen LogP contribution < -0.4 is 0 Å². The summed E-state index contributed by atoms with van der Waals surface area (Å²) in [6, 6.07) is 7.34. The maximum absolute atomic E-state index is 12.6. The molecule has 1 amide bonds. The van der Waals surface area contributed by atoms with Crippen LogP contribution in [0.3, 0.4) is 0 Å². The lowest BCUT2D eigenvalue weighted by molar-refractivity contribution is -0.151. The molecule has 21 heavy (non-hydrogen) atoms. The number of carboxylic acid groups (broad SMARTS) is 1. The van der Waals surface area contributed by atoms with Gasteiger partial charge in [-0.2, -0.15) is 0 Å². The molecule has 1 atom stereocenters. The minimum atomic E-state index is -0.813. The van der Waals surface area contributed by atoms with Gasteiger partial charge in [-0.05, 0) is 60.7 Å². The molecule has 0 spiro atoms. The zero-order chi connectivity index (χ0) is 15.6. The van der Waals surface area contributed by atoms with Crippen molar-refractivity contribution in [1.82, 2.24) is 4.90 Å². The number of likely N-dealkylation sites (tertiary alicyclic amines) is 1. The zero-order valence-electron chi connectivity index (χ0n) is 12.3. The molecule has 1 fully saturated rings. The van der Waals surface area contributed by atoms with Crippen LogP contribution in [0, 0.1) is 11.3 Å². The van der Waals surface area contributed by atoms with Gasteiger partial charge in [0, 0.05) is 17.6 Å². The van der Waals surface area contributed by atoms with Crippen LogP contribution >= 0.6 is 15.9 Å². The molecule has 0 aromatic heterocycles. The number of nitrogens with zero attached hydrogens (tertiary/aromatic N) is 1. The summed E-state index contributed by atoms with van der Waals surface area (Å²) in [4.78, 5) is 25.8. The summed E-state index contributed by atoms with van der Waals surface area (Å²) >= 11 is 3.40. The number of piperidine rings is 1. The van der Waals surface area contributed by atoms with E-state index >= 15 is 0 Å². The SMILES string of the molecule is CC(C)(C(=O)O)C1CCCN(C(=O)c2ccccc2Br)C1. The van der Waals surface area contributed by atoms with Gasteiger partial charge in [0.2, 0.25) is 0 Å². The Morgan fingerprint density at radius 2 is 2.00 bits per heavy atom. The molecule has 0 saturated carbocycles. The Morgan fingerprint density at radius 3 is 2.62 bits per heavy atom. The Morgan fingerprint density at radius 1 is 1.33 bits per heavy atom. The van der Waals surface area contributed by atoms with E-state index in [0.29, 0.717) is 18.7 Å². The highest BCUT2D eigenvalue weighted by molar-refractivity contribution is 9.10. The molecular formula is C16H20BrNO3. The molecule has 4 nitrogen and oxygen atoms in total. The fourth-order valence-corrected chi connectivity index (χ4v) is 3.18. The Bertz CT molecular complexity index is 556. The van der Waals surface area contributed by atoms with Gasteiger partial charge in [-0.15, -0.1) is 0 Å². The zero-order valence-corrected chi connectivity index (χ0v) is 13.9. The molecule has 1 heterocycles. The molecule has 0 bridgehead atoms. The van der Waals surface area contributed by atoms with Crippen molar-refractivity contribution in [1.29, 1.82) is 0 Å². The molecule has 0 aliphatic carbocycles. The van der Waals surface area contributed by atoms with Crippen LogP contribution in [0.25, 0.3) is 0 Å². The Hall–Kier alpha value is -1.36. The van der Waals surface area contributed by atoms with Crippen LogP contribution in [-0.4, -0.2) is 35.0 Å². The number of carbonyl (C=O) groups is 2. The number of carboxylic acids is 1. The molecule has 1 aliphatic heterocycles. The molecule has 1 aromatic carbocycles. The molecule has 1 unspecified atom stereocenters. The third-order valence-corrected chi connectivity index (χ3v) is 5.08. The standard InChI is InChI=1S/C16H20BrNO3/c1-16(2,15(20)21)11-6-5-9-18(10-11)14(19)12-7-3-4-8-13(12)17/h3-4,7-8,11H,5-6,9-10H2,1-2H3,(H,20,21). The van der Waals surface area contributed by atoms with Crippen molar-refractivity contribution >= 4 is 27.8 Å². The summed E-state index contributed by atoms with van der Waals surface area (Å²) in [6.07, 6.45) is 1.69. The highest BCUT2D eigenvalue weighted by atomic mass is 79.9. The van der Waals surface area contributed by atoms with Crippen molar-refractivity contribution in [3.63, 3.8) is 0 Å². The fraction of sp³-hybridized carbons (Fsp3) is 0.500. The number of benzene rings is 1. The lowest BCUT2D eigenvalue weighted by Crippen LogP contribution is -2.46. The van der Waals surface area contributed by atoms with E-state index in [1.165, 1.54) is 0 Å². The number of amides is 1. The van der Waals surface area contributed by atoms with Gasteiger partial charge >= 0.3 is 5.97 Å². The van der Waals surface area contributed by atoms with E-state index in [-0.39, 0.29) is 11.8 Å². The van der Waals surface area contributed by atoms with E-state index in [1.807, 2.05) is 18.2 Å². The van der Waals surface area contributed by atoms with Crippen LogP contribution in [-0.2, 0) is 4.79 Å². The molecule has 114 valence electrons. The first-order chi connectivity index (χ1) is 9.84. The summed E-state index contributed by atoms with van der Waals surface area (Å²) in [6.45, 7) is 4.67. The highest BCUT2D eigenvalue weighted by Crippen LogP contribution is 2.35. The second kappa shape index (κ2) is 6.18. The minimum absolute atomic E-state index is 0.0183. The van der Waals surface area contributed by atoms with Crippen molar-refractivity contribution in [3.05, 3.63) is 34.3 Å². The van der Waals surface area contributed by atoms with Crippen LogP contribution in [0.5, 0.6) is 0 Å². The monoisotopic (exact) mass is 353 g/mol. The van der Waals surface area contributed by atoms with Gasteiger partial charge in [-0.1, -0.05) is 12.1 Å². The number of hydrogen-bond acceptors (Lipinski definition) is 2.